The van der Waals surface area contributed by atoms with Crippen molar-refractivity contribution in [3.8, 4) is 5.75 Å². The summed E-state index contributed by atoms with van der Waals surface area (Å²) >= 11 is 0. The van der Waals surface area contributed by atoms with Crippen LogP contribution in [0.3, 0.4) is 0 Å². The Morgan fingerprint density at radius 1 is 1.30 bits per heavy atom. The van der Waals surface area contributed by atoms with Crippen molar-refractivity contribution in [3.05, 3.63) is 40.2 Å². The van der Waals surface area contributed by atoms with Crippen LogP contribution in [0, 0.1) is 6.92 Å². The number of nitrogens with zero attached hydrogens (tertiary/aromatic N) is 1. The third-order valence-electron chi connectivity index (χ3n) is 3.53. The zero-order valence-electron chi connectivity index (χ0n) is 11.3. The Hall–Kier alpha value is -1.85. The van der Waals surface area contributed by atoms with E-state index < -0.39 is 6.29 Å². The molecule has 0 unspecified atom stereocenters. The lowest BCUT2D eigenvalue weighted by molar-refractivity contribution is -0.184. The number of phenolic OH excluding ortho intramolecular Hbond substituents is 1. The van der Waals surface area contributed by atoms with Crippen LogP contribution in [0.25, 0.3) is 10.9 Å². The van der Waals surface area contributed by atoms with Crippen LogP contribution >= 0.6 is 0 Å². The van der Waals surface area contributed by atoms with Crippen LogP contribution in [0.15, 0.2) is 29.1 Å². The first kappa shape index (κ1) is 13.1. The second kappa shape index (κ2) is 5.26. The van der Waals surface area contributed by atoms with Crippen molar-refractivity contribution in [1.29, 1.82) is 0 Å². The van der Waals surface area contributed by atoms with Gasteiger partial charge in [-0.3, -0.25) is 4.79 Å². The Kier molecular flexibility index (Phi) is 3.46. The topological polar surface area (TPSA) is 60.7 Å². The maximum Gasteiger partial charge on any atom is 0.251 e. The van der Waals surface area contributed by atoms with Crippen molar-refractivity contribution in [2.75, 3.05) is 13.2 Å². The number of aromatic nitrogens is 1. The van der Waals surface area contributed by atoms with Crippen molar-refractivity contribution >= 4 is 10.9 Å². The van der Waals surface area contributed by atoms with Gasteiger partial charge in [-0.25, -0.2) is 0 Å². The highest BCUT2D eigenvalue weighted by atomic mass is 16.7. The number of fused-ring (bicyclic) bond motifs is 1. The number of aryl methyl sites for hydroxylation is 1. The molecule has 106 valence electrons. The fourth-order valence-corrected chi connectivity index (χ4v) is 2.52. The number of pyridine rings is 1. The summed E-state index contributed by atoms with van der Waals surface area (Å²) in [5.41, 5.74) is 1.48. The number of phenols is 1. The largest absolute Gasteiger partial charge is 0.508 e. The highest BCUT2D eigenvalue weighted by Gasteiger charge is 2.17. The zero-order chi connectivity index (χ0) is 14.1. The first-order valence-corrected chi connectivity index (χ1v) is 6.71. The van der Waals surface area contributed by atoms with Gasteiger partial charge in [0.15, 0.2) is 6.29 Å². The Balaban J connectivity index is 2.08. The number of benzene rings is 1. The van der Waals surface area contributed by atoms with Gasteiger partial charge in [-0.15, -0.1) is 0 Å². The quantitative estimate of drug-likeness (QED) is 0.907. The lowest BCUT2D eigenvalue weighted by atomic mass is 10.1. The van der Waals surface area contributed by atoms with Gasteiger partial charge in [-0.2, -0.15) is 0 Å². The van der Waals surface area contributed by atoms with Gasteiger partial charge in [0.2, 0.25) is 0 Å². The van der Waals surface area contributed by atoms with Gasteiger partial charge >= 0.3 is 0 Å². The van der Waals surface area contributed by atoms with Gasteiger partial charge in [0.05, 0.1) is 25.3 Å². The summed E-state index contributed by atoms with van der Waals surface area (Å²) in [6, 6.07) is 6.64. The fraction of sp³-hybridized carbons (Fsp3) is 0.400. The zero-order valence-corrected chi connectivity index (χ0v) is 11.3. The number of aromatic hydroxyl groups is 1. The molecule has 1 aliphatic heterocycles. The molecule has 1 aromatic carbocycles. The van der Waals surface area contributed by atoms with E-state index in [1.807, 2.05) is 13.0 Å². The molecule has 1 saturated heterocycles. The number of hydrogen-bond acceptors (Lipinski definition) is 4. The van der Waals surface area contributed by atoms with Crippen LogP contribution in [0.2, 0.25) is 0 Å². The van der Waals surface area contributed by atoms with E-state index >= 15 is 0 Å². The minimum Gasteiger partial charge on any atom is -0.508 e. The number of hydrogen-bond donors (Lipinski definition) is 1. The highest BCUT2D eigenvalue weighted by molar-refractivity contribution is 5.83. The third kappa shape index (κ3) is 2.42. The molecule has 0 aliphatic carbocycles. The molecule has 5 heteroatoms. The summed E-state index contributed by atoms with van der Waals surface area (Å²) < 4.78 is 12.6. The van der Waals surface area contributed by atoms with E-state index in [0.29, 0.717) is 25.3 Å². The average molecular weight is 275 g/mol. The molecule has 0 bridgehead atoms. The normalized spacial score (nSPS) is 16.6. The molecule has 0 radical (unpaired) electrons. The molecular weight excluding hydrogens is 258 g/mol. The Morgan fingerprint density at radius 2 is 2.05 bits per heavy atom. The molecule has 0 amide bonds. The van der Waals surface area contributed by atoms with Crippen molar-refractivity contribution in [2.24, 2.45) is 0 Å². The smallest absolute Gasteiger partial charge is 0.251 e. The van der Waals surface area contributed by atoms with Crippen LogP contribution in [0.4, 0.5) is 0 Å². The van der Waals surface area contributed by atoms with E-state index in [2.05, 4.69) is 0 Å². The summed E-state index contributed by atoms with van der Waals surface area (Å²) in [5.74, 6) is 0.140. The number of rotatable bonds is 2. The molecule has 3 rings (SSSR count). The van der Waals surface area contributed by atoms with E-state index in [1.54, 1.807) is 22.8 Å². The summed E-state index contributed by atoms with van der Waals surface area (Å²) in [5, 5.41) is 10.6. The molecule has 1 aliphatic rings. The Bertz CT molecular complexity index is 686. The van der Waals surface area contributed by atoms with Gasteiger partial charge in [0.1, 0.15) is 5.75 Å². The van der Waals surface area contributed by atoms with Crippen LogP contribution < -0.4 is 5.56 Å². The van der Waals surface area contributed by atoms with E-state index in [1.165, 1.54) is 0 Å². The highest BCUT2D eigenvalue weighted by Crippen LogP contribution is 2.22. The number of ether oxygens (including phenoxy) is 2. The van der Waals surface area contributed by atoms with Crippen molar-refractivity contribution in [2.45, 2.75) is 26.2 Å². The molecule has 1 N–H and O–H groups in total. The molecule has 0 spiro atoms. The van der Waals surface area contributed by atoms with E-state index in [-0.39, 0.29) is 11.3 Å². The fourth-order valence-electron chi connectivity index (χ4n) is 2.52. The van der Waals surface area contributed by atoms with Crippen molar-refractivity contribution in [3.63, 3.8) is 0 Å². The maximum atomic E-state index is 12.2. The van der Waals surface area contributed by atoms with Gasteiger partial charge < -0.3 is 19.1 Å². The molecular formula is C15H17NO4. The third-order valence-corrected chi connectivity index (χ3v) is 3.53. The molecule has 5 nitrogen and oxygen atoms in total. The van der Waals surface area contributed by atoms with Gasteiger partial charge in [0, 0.05) is 17.5 Å². The van der Waals surface area contributed by atoms with E-state index in [4.69, 9.17) is 9.47 Å². The van der Waals surface area contributed by atoms with Gasteiger partial charge in [-0.05, 0) is 31.0 Å². The Morgan fingerprint density at radius 3 is 2.80 bits per heavy atom. The second-order valence-electron chi connectivity index (χ2n) is 5.00. The van der Waals surface area contributed by atoms with Crippen LogP contribution in [0.5, 0.6) is 5.75 Å². The van der Waals surface area contributed by atoms with E-state index in [0.717, 1.165) is 17.4 Å². The first-order valence-electron chi connectivity index (χ1n) is 6.71. The average Bonchev–Trinajstić information content (AvgIpc) is 2.44. The standard InChI is InChI=1S/C15H17NO4/c1-10-7-14(18)16(9-15-19-5-2-6-20-15)13-8-11(17)3-4-12(10)13/h3-4,7-8,15,17H,2,5-6,9H2,1H3. The summed E-state index contributed by atoms with van der Waals surface area (Å²) in [6.07, 6.45) is 0.468. The monoisotopic (exact) mass is 275 g/mol. The minimum atomic E-state index is -0.408. The van der Waals surface area contributed by atoms with Gasteiger partial charge in [-0.1, -0.05) is 0 Å². The van der Waals surface area contributed by atoms with Crippen molar-refractivity contribution in [1.82, 2.24) is 4.57 Å². The molecule has 0 atom stereocenters. The minimum absolute atomic E-state index is 0.113. The van der Waals surface area contributed by atoms with Crippen LogP contribution in [0.1, 0.15) is 12.0 Å². The SMILES string of the molecule is Cc1cc(=O)n(CC2OCCCO2)c2cc(O)ccc12. The van der Waals surface area contributed by atoms with Gasteiger partial charge in [0.25, 0.3) is 5.56 Å². The molecule has 0 saturated carbocycles. The summed E-state index contributed by atoms with van der Waals surface area (Å²) in [4.78, 5) is 12.2. The predicted octanol–water partition coefficient (Wildman–Crippen LogP) is 1.78. The molecule has 2 aromatic rings. The van der Waals surface area contributed by atoms with Crippen LogP contribution in [-0.4, -0.2) is 29.2 Å². The maximum absolute atomic E-state index is 12.2. The lowest BCUT2D eigenvalue weighted by Gasteiger charge is -2.24. The first-order chi connectivity index (χ1) is 9.65. The molecule has 1 aromatic heterocycles. The molecule has 2 heterocycles. The summed E-state index contributed by atoms with van der Waals surface area (Å²) in [6.45, 7) is 3.51. The molecule has 20 heavy (non-hydrogen) atoms. The van der Waals surface area contributed by atoms with Crippen molar-refractivity contribution < 1.29 is 14.6 Å². The lowest BCUT2D eigenvalue weighted by Crippen LogP contribution is -2.33. The summed E-state index contributed by atoms with van der Waals surface area (Å²) in [7, 11) is 0. The Labute approximate surface area is 116 Å². The molecule has 1 fully saturated rings. The second-order valence-corrected chi connectivity index (χ2v) is 5.00. The van der Waals surface area contributed by atoms with E-state index in [9.17, 15) is 9.90 Å². The predicted molar refractivity (Wildman–Crippen MR) is 74.9 cm³/mol. The van der Waals surface area contributed by atoms with Crippen LogP contribution in [-0.2, 0) is 16.0 Å².